The zero-order valence-electron chi connectivity index (χ0n) is 17.6. The van der Waals surface area contributed by atoms with Crippen LogP contribution in [-0.4, -0.2) is 55.7 Å². The van der Waals surface area contributed by atoms with E-state index in [9.17, 15) is 4.79 Å². The van der Waals surface area contributed by atoms with Crippen LogP contribution in [0.3, 0.4) is 0 Å². The van der Waals surface area contributed by atoms with Gasteiger partial charge in [0.15, 0.2) is 0 Å². The maximum atomic E-state index is 12.5. The van der Waals surface area contributed by atoms with Crippen molar-refractivity contribution in [1.82, 2.24) is 10.2 Å². The Bertz CT molecular complexity index is 581. The third-order valence-electron chi connectivity index (χ3n) is 4.25. The highest BCUT2D eigenvalue weighted by Gasteiger charge is 2.13. The molecule has 0 saturated heterocycles. The number of amides is 1. The van der Waals surface area contributed by atoms with E-state index < -0.39 is 0 Å². The van der Waals surface area contributed by atoms with Crippen LogP contribution in [0.4, 0.5) is 0 Å². The first-order chi connectivity index (χ1) is 12.9. The number of carbonyl (C=O) groups excluding carboxylic acids is 1. The number of rotatable bonds is 10. The number of aliphatic imine (C=N–C) groups is 1. The lowest BCUT2D eigenvalue weighted by molar-refractivity contribution is 0.0959. The van der Waals surface area contributed by atoms with Gasteiger partial charge in [0.1, 0.15) is 5.75 Å². The molecule has 0 unspecified atom stereocenters. The first kappa shape index (κ1) is 23.0. The largest absolute Gasteiger partial charge is 0.497 e. The van der Waals surface area contributed by atoms with Crippen molar-refractivity contribution in [2.45, 2.75) is 59.6 Å². The predicted octanol–water partition coefficient (Wildman–Crippen LogP) is 3.72. The van der Waals surface area contributed by atoms with E-state index in [0.717, 1.165) is 32.5 Å². The fraction of sp³-hybridized carbons (Fsp3) is 0.619. The molecule has 0 aliphatic heterocycles. The molecule has 27 heavy (non-hydrogen) atoms. The molecule has 0 bridgehead atoms. The first-order valence-corrected chi connectivity index (χ1v) is 9.81. The summed E-state index contributed by atoms with van der Waals surface area (Å²) in [5.41, 5.74) is 0.532. The van der Waals surface area contributed by atoms with Crippen molar-refractivity contribution in [1.29, 1.82) is 0 Å². The van der Waals surface area contributed by atoms with Gasteiger partial charge >= 0.3 is 0 Å². The number of hydrogen-bond donors (Lipinski definition) is 1. The van der Waals surface area contributed by atoms with Crippen LogP contribution >= 0.6 is 0 Å². The first-order valence-electron chi connectivity index (χ1n) is 9.81. The van der Waals surface area contributed by atoms with Gasteiger partial charge in [-0.1, -0.05) is 13.8 Å². The van der Waals surface area contributed by atoms with E-state index >= 15 is 0 Å². The Morgan fingerprint density at radius 2 is 1.78 bits per heavy atom. The smallest absolute Gasteiger partial charge is 0.292 e. The number of methoxy groups -OCH3 is 1. The fourth-order valence-electron chi connectivity index (χ4n) is 2.64. The van der Waals surface area contributed by atoms with E-state index in [1.807, 2.05) is 20.8 Å². The van der Waals surface area contributed by atoms with Gasteiger partial charge in [-0.3, -0.25) is 10.1 Å². The number of benzene rings is 1. The summed E-state index contributed by atoms with van der Waals surface area (Å²) in [6, 6.07) is 7.30. The van der Waals surface area contributed by atoms with Crippen LogP contribution in [0.25, 0.3) is 0 Å². The van der Waals surface area contributed by atoms with Gasteiger partial charge < -0.3 is 14.4 Å². The molecule has 6 heteroatoms. The molecule has 0 fully saturated rings. The average molecular weight is 378 g/mol. The monoisotopic (exact) mass is 377 g/mol. The van der Waals surface area contributed by atoms with Crippen LogP contribution in [0.15, 0.2) is 29.3 Å². The van der Waals surface area contributed by atoms with Crippen molar-refractivity contribution in [2.75, 3.05) is 26.7 Å². The van der Waals surface area contributed by atoms with Gasteiger partial charge in [-0.2, -0.15) is 0 Å². The fourth-order valence-corrected chi connectivity index (χ4v) is 2.64. The molecule has 0 heterocycles. The minimum absolute atomic E-state index is 0.0669. The maximum Gasteiger partial charge on any atom is 0.292 e. The molecule has 1 aromatic rings. The summed E-state index contributed by atoms with van der Waals surface area (Å²) in [5, 5.41) is 2.79. The minimum Gasteiger partial charge on any atom is -0.497 e. The third-order valence-corrected chi connectivity index (χ3v) is 4.25. The molecule has 1 rings (SSSR count). The summed E-state index contributed by atoms with van der Waals surface area (Å²) in [6.07, 6.45) is 1.94. The minimum atomic E-state index is -0.243. The Morgan fingerprint density at radius 3 is 2.30 bits per heavy atom. The molecule has 0 aliphatic carbocycles. The highest BCUT2D eigenvalue weighted by atomic mass is 16.5. The van der Waals surface area contributed by atoms with Crippen LogP contribution in [-0.2, 0) is 4.74 Å². The summed E-state index contributed by atoms with van der Waals surface area (Å²) in [6.45, 7) is 13.4. The lowest BCUT2D eigenvalue weighted by Gasteiger charge is -2.19. The van der Waals surface area contributed by atoms with Crippen molar-refractivity contribution < 1.29 is 14.3 Å². The van der Waals surface area contributed by atoms with Crippen LogP contribution < -0.4 is 10.1 Å². The second-order valence-corrected chi connectivity index (χ2v) is 6.80. The summed E-state index contributed by atoms with van der Waals surface area (Å²) in [4.78, 5) is 19.5. The standard InChI is InChI=1S/C21H35N3O3/c1-7-24(8-2)15-9-10-17(5)22-21(27-16(3)4)23-20(25)18-11-13-19(26-6)14-12-18/h11-14,16-17H,7-10,15H2,1-6H3,(H,22,23,25)/t17-/m1/s1. The summed E-state index contributed by atoms with van der Waals surface area (Å²) in [5.74, 6) is 0.466. The molecule has 0 aliphatic rings. The summed E-state index contributed by atoms with van der Waals surface area (Å²) in [7, 11) is 1.60. The molecule has 0 spiro atoms. The molecular weight excluding hydrogens is 342 g/mol. The zero-order valence-corrected chi connectivity index (χ0v) is 17.6. The number of ether oxygens (including phenoxy) is 2. The van der Waals surface area contributed by atoms with Gasteiger partial charge in [-0.25, -0.2) is 4.99 Å². The van der Waals surface area contributed by atoms with Crippen molar-refractivity contribution in [3.8, 4) is 5.75 Å². The van der Waals surface area contributed by atoms with Crippen LogP contribution in [0.1, 0.15) is 57.8 Å². The van der Waals surface area contributed by atoms with Gasteiger partial charge in [-0.05, 0) is 77.5 Å². The van der Waals surface area contributed by atoms with E-state index in [1.54, 1.807) is 31.4 Å². The Balaban J connectivity index is 2.69. The Kier molecular flexibility index (Phi) is 10.5. The molecule has 0 radical (unpaired) electrons. The van der Waals surface area contributed by atoms with E-state index in [1.165, 1.54) is 0 Å². The Hall–Kier alpha value is -2.08. The van der Waals surface area contributed by atoms with E-state index in [0.29, 0.717) is 11.3 Å². The van der Waals surface area contributed by atoms with Gasteiger partial charge in [0.05, 0.1) is 19.3 Å². The lowest BCUT2D eigenvalue weighted by Crippen LogP contribution is -2.35. The molecule has 0 aromatic heterocycles. The summed E-state index contributed by atoms with van der Waals surface area (Å²) < 4.78 is 10.8. The predicted molar refractivity (Wildman–Crippen MR) is 111 cm³/mol. The van der Waals surface area contributed by atoms with Crippen molar-refractivity contribution in [2.24, 2.45) is 4.99 Å². The van der Waals surface area contributed by atoms with Gasteiger partial charge in [-0.15, -0.1) is 0 Å². The second kappa shape index (κ2) is 12.3. The SMILES string of the molecule is CCN(CC)CCC[C@@H](C)N=C(NC(=O)c1ccc(OC)cc1)OC(C)C. The second-order valence-electron chi connectivity index (χ2n) is 6.80. The van der Waals surface area contributed by atoms with Gasteiger partial charge in [0.25, 0.3) is 11.9 Å². The quantitative estimate of drug-likeness (QED) is 0.499. The molecule has 1 amide bonds. The number of amidine groups is 1. The van der Waals surface area contributed by atoms with E-state index in [2.05, 4.69) is 29.1 Å². The molecule has 1 atom stereocenters. The molecule has 0 saturated carbocycles. The zero-order chi connectivity index (χ0) is 20.2. The van der Waals surface area contributed by atoms with E-state index in [-0.39, 0.29) is 24.1 Å². The average Bonchev–Trinajstić information content (AvgIpc) is 2.64. The summed E-state index contributed by atoms with van der Waals surface area (Å²) >= 11 is 0. The third kappa shape index (κ3) is 8.91. The lowest BCUT2D eigenvalue weighted by atomic mass is 10.2. The Labute approximate surface area is 163 Å². The molecular formula is C21H35N3O3. The van der Waals surface area contributed by atoms with Crippen LogP contribution in [0.2, 0.25) is 0 Å². The number of hydrogen-bond acceptors (Lipinski definition) is 5. The Morgan fingerprint density at radius 1 is 1.15 bits per heavy atom. The number of nitrogens with zero attached hydrogens (tertiary/aromatic N) is 2. The molecule has 6 nitrogen and oxygen atoms in total. The highest BCUT2D eigenvalue weighted by Crippen LogP contribution is 2.11. The molecule has 152 valence electrons. The maximum absolute atomic E-state index is 12.5. The van der Waals surface area contributed by atoms with E-state index in [4.69, 9.17) is 9.47 Å². The number of nitrogens with one attached hydrogen (secondary N) is 1. The molecule has 1 aromatic carbocycles. The normalized spacial score (nSPS) is 13.0. The highest BCUT2D eigenvalue weighted by molar-refractivity contribution is 6.04. The van der Waals surface area contributed by atoms with Crippen LogP contribution in [0.5, 0.6) is 5.75 Å². The number of carbonyl (C=O) groups is 1. The van der Waals surface area contributed by atoms with Gasteiger partial charge in [0, 0.05) is 5.56 Å². The van der Waals surface area contributed by atoms with Gasteiger partial charge in [0.2, 0.25) is 0 Å². The van der Waals surface area contributed by atoms with Crippen molar-refractivity contribution in [3.63, 3.8) is 0 Å². The van der Waals surface area contributed by atoms with Crippen molar-refractivity contribution >= 4 is 11.9 Å². The van der Waals surface area contributed by atoms with Crippen LogP contribution in [0, 0.1) is 0 Å². The topological polar surface area (TPSA) is 63.2 Å². The van der Waals surface area contributed by atoms with Crippen molar-refractivity contribution in [3.05, 3.63) is 29.8 Å². The molecule has 1 N–H and O–H groups in total.